The van der Waals surface area contributed by atoms with Crippen molar-refractivity contribution >= 4 is 13.9 Å². The first-order valence-electron chi connectivity index (χ1n) is 12.8. The van der Waals surface area contributed by atoms with Gasteiger partial charge in [0.2, 0.25) is 0 Å². The Morgan fingerprint density at radius 1 is 0.879 bits per heavy atom. The minimum atomic E-state index is -4.43. The number of carbonyl (C=O) groups excluding carboxylic acids is 1. The highest BCUT2D eigenvalue weighted by molar-refractivity contribution is 7.45. The molecule has 0 aliphatic heterocycles. The topological polar surface area (TPSA) is 88.1 Å². The van der Waals surface area contributed by atoms with Crippen molar-refractivity contribution in [3.63, 3.8) is 0 Å². The van der Waals surface area contributed by atoms with E-state index in [4.69, 9.17) is 13.8 Å². The molecule has 0 aliphatic rings. The van der Waals surface area contributed by atoms with Gasteiger partial charge in [-0.2, -0.15) is 0 Å². The lowest BCUT2D eigenvalue weighted by Crippen LogP contribution is -2.37. The maximum atomic E-state index is 12.0. The van der Waals surface area contributed by atoms with Crippen LogP contribution in [0.2, 0.25) is 0 Å². The van der Waals surface area contributed by atoms with Crippen LogP contribution in [-0.2, 0) is 18.3 Å². The Bertz CT molecular complexity index is 540. The summed E-state index contributed by atoms with van der Waals surface area (Å²) < 4.78 is 28.0. The van der Waals surface area contributed by atoms with Crippen LogP contribution in [0.4, 0.5) is 4.79 Å². The molecule has 2 unspecified atom stereocenters. The number of ether oxygens (including phenoxy) is 1. The number of carbonyl (C=O) groups is 1. The van der Waals surface area contributed by atoms with E-state index in [1.165, 1.54) is 62.7 Å². The normalized spacial score (nSPS) is 14.6. The van der Waals surface area contributed by atoms with Crippen molar-refractivity contribution in [1.82, 2.24) is 4.90 Å². The molecular weight excluding hydrogens is 443 g/mol. The van der Waals surface area contributed by atoms with Gasteiger partial charge >= 0.3 is 6.09 Å². The summed E-state index contributed by atoms with van der Waals surface area (Å²) >= 11 is 0. The second kappa shape index (κ2) is 18.6. The second-order valence-corrected chi connectivity index (χ2v) is 11.6. The first-order valence-corrected chi connectivity index (χ1v) is 14.2. The van der Waals surface area contributed by atoms with Gasteiger partial charge in [0.25, 0.3) is 7.82 Å². The Morgan fingerprint density at radius 2 is 1.36 bits per heavy atom. The minimum absolute atomic E-state index is 0.0468. The molecule has 0 rings (SSSR count). The lowest BCUT2D eigenvalue weighted by atomic mass is 10.0. The number of nitrogens with zero attached hydrogens (tertiary/aromatic N) is 2. The van der Waals surface area contributed by atoms with Crippen LogP contribution in [-0.4, -0.2) is 76.6 Å². The van der Waals surface area contributed by atoms with Crippen LogP contribution in [0, 0.1) is 0 Å². The van der Waals surface area contributed by atoms with Gasteiger partial charge in [0.1, 0.15) is 19.3 Å². The highest BCUT2D eigenvalue weighted by Crippen LogP contribution is 2.38. The van der Waals surface area contributed by atoms with Gasteiger partial charge in [0.15, 0.2) is 0 Å². The molecule has 198 valence electrons. The van der Waals surface area contributed by atoms with Gasteiger partial charge in [-0.15, -0.1) is 0 Å². The molecule has 0 aromatic rings. The molecule has 0 saturated heterocycles. The Balaban J connectivity index is 4.16. The predicted molar refractivity (Wildman–Crippen MR) is 132 cm³/mol. The van der Waals surface area contributed by atoms with Crippen LogP contribution < -0.4 is 4.89 Å². The average Bonchev–Trinajstić information content (AvgIpc) is 2.71. The van der Waals surface area contributed by atoms with Crippen molar-refractivity contribution in [1.29, 1.82) is 0 Å². The molecule has 8 nitrogen and oxygen atoms in total. The number of hydrogen-bond acceptors (Lipinski definition) is 6. The third-order valence-electron chi connectivity index (χ3n) is 5.44. The first-order chi connectivity index (χ1) is 15.5. The van der Waals surface area contributed by atoms with Gasteiger partial charge < -0.3 is 28.1 Å². The summed E-state index contributed by atoms with van der Waals surface area (Å²) in [5, 5.41) is 0. The van der Waals surface area contributed by atoms with E-state index in [0.717, 1.165) is 19.3 Å². The molecule has 9 heteroatoms. The van der Waals surface area contributed by atoms with E-state index in [1.54, 1.807) is 14.1 Å². The summed E-state index contributed by atoms with van der Waals surface area (Å²) in [4.78, 5) is 25.3. The fourth-order valence-corrected chi connectivity index (χ4v) is 4.00. The van der Waals surface area contributed by atoms with Crippen molar-refractivity contribution in [3.05, 3.63) is 0 Å². The molecule has 1 amide bonds. The zero-order chi connectivity index (χ0) is 25.2. The number of amides is 1. The first kappa shape index (κ1) is 32.3. The van der Waals surface area contributed by atoms with E-state index in [2.05, 4.69) is 6.92 Å². The summed E-state index contributed by atoms with van der Waals surface area (Å²) in [5.41, 5.74) is 0. The monoisotopic (exact) mass is 494 g/mol. The van der Waals surface area contributed by atoms with Crippen LogP contribution in [0.3, 0.4) is 0 Å². The second-order valence-electron chi connectivity index (χ2n) is 10.2. The number of hydrogen-bond donors (Lipinski definition) is 0. The van der Waals surface area contributed by atoms with E-state index < -0.39 is 20.0 Å². The van der Waals surface area contributed by atoms with E-state index in [0.29, 0.717) is 17.4 Å². The molecule has 33 heavy (non-hydrogen) atoms. The maximum absolute atomic E-state index is 12.0. The van der Waals surface area contributed by atoms with Crippen LogP contribution in [0.15, 0.2) is 0 Å². The molecule has 0 spiro atoms. The molecule has 0 radical (unpaired) electrons. The Labute approximate surface area is 203 Å². The van der Waals surface area contributed by atoms with E-state index in [-0.39, 0.29) is 13.2 Å². The van der Waals surface area contributed by atoms with Gasteiger partial charge in [-0.3, -0.25) is 4.57 Å². The largest absolute Gasteiger partial charge is 0.756 e. The molecule has 2 atom stereocenters. The minimum Gasteiger partial charge on any atom is -0.756 e. The average molecular weight is 495 g/mol. The zero-order valence-corrected chi connectivity index (χ0v) is 23.1. The molecule has 0 aromatic carbocycles. The zero-order valence-electron chi connectivity index (χ0n) is 22.2. The van der Waals surface area contributed by atoms with E-state index in [1.807, 2.05) is 21.1 Å². The summed E-state index contributed by atoms with van der Waals surface area (Å²) in [6.45, 7) is 2.61. The van der Waals surface area contributed by atoms with Crippen LogP contribution in [0.5, 0.6) is 0 Å². The lowest BCUT2D eigenvalue weighted by Gasteiger charge is -2.28. The van der Waals surface area contributed by atoms with Crippen molar-refractivity contribution in [2.75, 3.05) is 55.0 Å². The summed E-state index contributed by atoms with van der Waals surface area (Å²) in [5.74, 6) is 0. The number of phosphoric acid groups is 1. The third kappa shape index (κ3) is 21.6. The fourth-order valence-electron chi connectivity index (χ4n) is 3.28. The third-order valence-corrected chi connectivity index (χ3v) is 6.41. The SMILES string of the molecule is CCCCCCCCCCCCCCC(COP(=O)([O-])OCC[N+](C)(C)C)OC(=O)N(C)C. The highest BCUT2D eigenvalue weighted by atomic mass is 31.2. The number of quaternary nitrogens is 1. The molecule has 0 aromatic heterocycles. The van der Waals surface area contributed by atoms with Crippen molar-refractivity contribution in [3.8, 4) is 0 Å². The molecule has 0 bridgehead atoms. The molecule has 0 aliphatic carbocycles. The number of phosphoric ester groups is 1. The maximum Gasteiger partial charge on any atom is 0.409 e. The lowest BCUT2D eigenvalue weighted by molar-refractivity contribution is -0.870. The molecule has 0 saturated carbocycles. The number of rotatable bonds is 21. The van der Waals surface area contributed by atoms with Gasteiger partial charge in [-0.25, -0.2) is 4.79 Å². The van der Waals surface area contributed by atoms with Gasteiger partial charge in [0, 0.05) is 14.1 Å². The van der Waals surface area contributed by atoms with E-state index in [9.17, 15) is 14.3 Å². The Morgan fingerprint density at radius 3 is 1.82 bits per heavy atom. The van der Waals surface area contributed by atoms with Crippen molar-refractivity contribution in [2.24, 2.45) is 0 Å². The number of likely N-dealkylation sites (N-methyl/N-ethyl adjacent to an activating group) is 1. The molecular formula is C24H51N2O6P. The van der Waals surface area contributed by atoms with Crippen LogP contribution >= 0.6 is 7.82 Å². The van der Waals surface area contributed by atoms with Crippen molar-refractivity contribution in [2.45, 2.75) is 96.5 Å². The van der Waals surface area contributed by atoms with Crippen LogP contribution in [0.1, 0.15) is 90.4 Å². The number of unbranched alkanes of at least 4 members (excludes halogenated alkanes) is 11. The van der Waals surface area contributed by atoms with Gasteiger partial charge in [-0.05, 0) is 12.8 Å². The summed E-state index contributed by atoms with van der Waals surface area (Å²) in [6.07, 6.45) is 14.3. The highest BCUT2D eigenvalue weighted by Gasteiger charge is 2.20. The predicted octanol–water partition coefficient (Wildman–Crippen LogP) is 5.35. The molecule has 0 N–H and O–H groups in total. The smallest absolute Gasteiger partial charge is 0.409 e. The van der Waals surface area contributed by atoms with E-state index >= 15 is 0 Å². The molecule has 0 fully saturated rings. The quantitative estimate of drug-likeness (QED) is 0.121. The Kier molecular flexibility index (Phi) is 18.3. The van der Waals surface area contributed by atoms with Crippen LogP contribution in [0.25, 0.3) is 0 Å². The summed E-state index contributed by atoms with van der Waals surface area (Å²) in [6, 6.07) is 0. The van der Waals surface area contributed by atoms with Crippen molar-refractivity contribution < 1.29 is 32.5 Å². The summed E-state index contributed by atoms with van der Waals surface area (Å²) in [7, 11) is 4.60. The fraction of sp³-hybridized carbons (Fsp3) is 0.958. The standard InChI is InChI=1S/C24H51N2O6P/c1-7-8-9-10-11-12-13-14-15-16-17-18-19-23(32-24(27)25(2)3)22-31-33(28,29)30-21-20-26(4,5)6/h23H,7-22H2,1-6H3. The molecule has 0 heterocycles. The van der Waals surface area contributed by atoms with Gasteiger partial charge in [0.05, 0.1) is 27.7 Å². The van der Waals surface area contributed by atoms with Gasteiger partial charge in [-0.1, -0.05) is 77.6 Å². The Hall–Kier alpha value is -0.660.